The fourth-order valence-electron chi connectivity index (χ4n) is 2.01. The number of hydrazine groups is 1. The molecule has 1 aromatic heterocycles. The summed E-state index contributed by atoms with van der Waals surface area (Å²) in [4.78, 5) is 8.69. The highest BCUT2D eigenvalue weighted by atomic mass is 15.5. The molecule has 0 aliphatic heterocycles. The van der Waals surface area contributed by atoms with Gasteiger partial charge in [-0.1, -0.05) is 6.42 Å². The lowest BCUT2D eigenvalue weighted by Gasteiger charge is -2.16. The van der Waals surface area contributed by atoms with Crippen molar-refractivity contribution in [2.45, 2.75) is 32.1 Å². The van der Waals surface area contributed by atoms with Crippen molar-refractivity contribution in [1.82, 2.24) is 15.0 Å². The topological polar surface area (TPSA) is 41.0 Å². The Labute approximate surface area is 90.7 Å². The zero-order valence-electron chi connectivity index (χ0n) is 9.45. The molecule has 0 saturated carbocycles. The maximum absolute atomic E-state index is 4.38. The summed E-state index contributed by atoms with van der Waals surface area (Å²) in [6.07, 6.45) is 7.67. The first-order valence-electron chi connectivity index (χ1n) is 5.54. The van der Waals surface area contributed by atoms with Gasteiger partial charge in [0.1, 0.15) is 12.1 Å². The normalized spacial score (nSPS) is 15.9. The smallest absolute Gasteiger partial charge is 0.147 e. The quantitative estimate of drug-likeness (QED) is 0.590. The molecule has 0 unspecified atom stereocenters. The molecule has 0 radical (unpaired) electrons. The Hall–Kier alpha value is -1.16. The van der Waals surface area contributed by atoms with Crippen LogP contribution >= 0.6 is 0 Å². The first-order valence-corrected chi connectivity index (χ1v) is 5.54. The van der Waals surface area contributed by atoms with Crippen LogP contribution in [-0.2, 0) is 12.8 Å². The van der Waals surface area contributed by atoms with E-state index in [1.807, 2.05) is 19.1 Å². The maximum Gasteiger partial charge on any atom is 0.147 e. The first-order chi connectivity index (χ1) is 7.27. The Balaban J connectivity index is 2.30. The molecule has 1 N–H and O–H groups in total. The van der Waals surface area contributed by atoms with Crippen LogP contribution in [0.15, 0.2) is 6.33 Å². The Morgan fingerprint density at radius 1 is 1.13 bits per heavy atom. The van der Waals surface area contributed by atoms with Crippen LogP contribution in [-0.4, -0.2) is 29.1 Å². The molecular formula is C11H18N4. The number of nitrogens with one attached hydrogen (secondary N) is 1. The average molecular weight is 206 g/mol. The molecule has 4 heteroatoms. The van der Waals surface area contributed by atoms with Gasteiger partial charge >= 0.3 is 0 Å². The van der Waals surface area contributed by atoms with Gasteiger partial charge in [-0.2, -0.15) is 0 Å². The highest BCUT2D eigenvalue weighted by Gasteiger charge is 2.14. The van der Waals surface area contributed by atoms with Gasteiger partial charge in [0.15, 0.2) is 0 Å². The second-order valence-corrected chi connectivity index (χ2v) is 4.21. The van der Waals surface area contributed by atoms with Crippen LogP contribution in [0.2, 0.25) is 0 Å². The van der Waals surface area contributed by atoms with E-state index in [1.54, 1.807) is 6.33 Å². The maximum atomic E-state index is 4.38. The fourth-order valence-corrected chi connectivity index (χ4v) is 2.01. The van der Waals surface area contributed by atoms with Crippen LogP contribution in [0.25, 0.3) is 0 Å². The number of anilines is 1. The summed E-state index contributed by atoms with van der Waals surface area (Å²) in [6, 6.07) is 0. The highest BCUT2D eigenvalue weighted by Crippen LogP contribution is 2.23. The van der Waals surface area contributed by atoms with Crippen molar-refractivity contribution in [1.29, 1.82) is 0 Å². The van der Waals surface area contributed by atoms with Gasteiger partial charge in [-0.25, -0.2) is 15.0 Å². The lowest BCUT2D eigenvalue weighted by atomic mass is 10.1. The van der Waals surface area contributed by atoms with Crippen molar-refractivity contribution >= 4 is 5.82 Å². The summed E-state index contributed by atoms with van der Waals surface area (Å²) in [7, 11) is 3.95. The predicted molar refractivity (Wildman–Crippen MR) is 60.6 cm³/mol. The van der Waals surface area contributed by atoms with E-state index in [0.29, 0.717) is 0 Å². The molecule has 0 bridgehead atoms. The first kappa shape index (κ1) is 10.4. The number of aryl methyl sites for hydroxylation is 1. The molecule has 4 nitrogen and oxygen atoms in total. The number of hydrogen-bond donors (Lipinski definition) is 1. The standard InChI is InChI=1S/C11H18N4/c1-15(2)14-11-9-6-4-3-5-7-10(9)12-8-13-11/h8H,3-7H2,1-2H3,(H,12,13,14). The molecule has 0 amide bonds. The Morgan fingerprint density at radius 2 is 1.93 bits per heavy atom. The molecule has 2 rings (SSSR count). The number of nitrogens with zero attached hydrogens (tertiary/aromatic N) is 3. The van der Waals surface area contributed by atoms with Crippen molar-refractivity contribution < 1.29 is 0 Å². The molecule has 1 aromatic rings. The molecule has 0 aromatic carbocycles. The number of hydrogen-bond acceptors (Lipinski definition) is 4. The molecule has 1 aliphatic carbocycles. The van der Waals surface area contributed by atoms with E-state index in [2.05, 4.69) is 15.4 Å². The van der Waals surface area contributed by atoms with E-state index >= 15 is 0 Å². The fraction of sp³-hybridized carbons (Fsp3) is 0.636. The third kappa shape index (κ3) is 2.45. The summed E-state index contributed by atoms with van der Waals surface area (Å²) in [5.74, 6) is 0.979. The van der Waals surface area contributed by atoms with E-state index in [0.717, 1.165) is 18.7 Å². The Kier molecular flexibility index (Phi) is 3.16. The van der Waals surface area contributed by atoms with E-state index in [9.17, 15) is 0 Å². The average Bonchev–Trinajstić information content (AvgIpc) is 2.42. The van der Waals surface area contributed by atoms with Gasteiger partial charge in [0.2, 0.25) is 0 Å². The minimum absolute atomic E-state index is 0.979. The van der Waals surface area contributed by atoms with Gasteiger partial charge in [0.05, 0.1) is 0 Å². The van der Waals surface area contributed by atoms with Gasteiger partial charge in [-0.15, -0.1) is 0 Å². The number of aromatic nitrogens is 2. The number of rotatable bonds is 2. The lowest BCUT2D eigenvalue weighted by Crippen LogP contribution is -2.22. The molecule has 0 saturated heterocycles. The molecule has 82 valence electrons. The number of fused-ring (bicyclic) bond motifs is 1. The second-order valence-electron chi connectivity index (χ2n) is 4.21. The summed E-state index contributed by atoms with van der Waals surface area (Å²) in [5.41, 5.74) is 5.78. The van der Waals surface area contributed by atoms with E-state index in [4.69, 9.17) is 0 Å². The van der Waals surface area contributed by atoms with Crippen molar-refractivity contribution in [3.63, 3.8) is 0 Å². The molecule has 1 aliphatic rings. The monoisotopic (exact) mass is 206 g/mol. The van der Waals surface area contributed by atoms with Crippen LogP contribution in [0.5, 0.6) is 0 Å². The van der Waals surface area contributed by atoms with Gasteiger partial charge in [-0.3, -0.25) is 0 Å². The van der Waals surface area contributed by atoms with Crippen LogP contribution < -0.4 is 5.43 Å². The zero-order valence-corrected chi connectivity index (χ0v) is 9.45. The van der Waals surface area contributed by atoms with Crippen LogP contribution in [0.1, 0.15) is 30.5 Å². The second kappa shape index (κ2) is 4.57. The van der Waals surface area contributed by atoms with Crippen molar-refractivity contribution in [3.8, 4) is 0 Å². The van der Waals surface area contributed by atoms with E-state index < -0.39 is 0 Å². The molecule has 0 fully saturated rings. The van der Waals surface area contributed by atoms with Crippen molar-refractivity contribution in [2.24, 2.45) is 0 Å². The molecular weight excluding hydrogens is 188 g/mol. The van der Waals surface area contributed by atoms with Crippen LogP contribution in [0.4, 0.5) is 5.82 Å². The van der Waals surface area contributed by atoms with Crippen molar-refractivity contribution in [2.75, 3.05) is 19.5 Å². The summed E-state index contributed by atoms with van der Waals surface area (Å²) >= 11 is 0. The lowest BCUT2D eigenvalue weighted by molar-refractivity contribution is 0.490. The Morgan fingerprint density at radius 3 is 2.73 bits per heavy atom. The molecule has 1 heterocycles. The highest BCUT2D eigenvalue weighted by molar-refractivity contribution is 5.45. The largest absolute Gasteiger partial charge is 0.303 e. The van der Waals surface area contributed by atoms with E-state index in [1.165, 1.54) is 30.5 Å². The summed E-state index contributed by atoms with van der Waals surface area (Å²) in [5, 5.41) is 1.92. The van der Waals surface area contributed by atoms with Crippen LogP contribution in [0.3, 0.4) is 0 Å². The summed E-state index contributed by atoms with van der Waals surface area (Å²) in [6.45, 7) is 0. The van der Waals surface area contributed by atoms with Gasteiger partial charge in [0, 0.05) is 25.4 Å². The third-order valence-electron chi connectivity index (χ3n) is 2.70. The van der Waals surface area contributed by atoms with Gasteiger partial charge in [0.25, 0.3) is 0 Å². The third-order valence-corrected chi connectivity index (χ3v) is 2.70. The SMILES string of the molecule is CN(C)Nc1ncnc2c1CCCCC2. The minimum atomic E-state index is 0.979. The van der Waals surface area contributed by atoms with Gasteiger partial charge in [-0.05, 0) is 25.7 Å². The van der Waals surface area contributed by atoms with E-state index in [-0.39, 0.29) is 0 Å². The predicted octanol–water partition coefficient (Wildman–Crippen LogP) is 1.63. The molecule has 0 spiro atoms. The molecule has 15 heavy (non-hydrogen) atoms. The zero-order chi connectivity index (χ0) is 10.7. The minimum Gasteiger partial charge on any atom is -0.303 e. The van der Waals surface area contributed by atoms with Gasteiger partial charge < -0.3 is 5.43 Å². The summed E-state index contributed by atoms with van der Waals surface area (Å²) < 4.78 is 0. The molecule has 0 atom stereocenters. The Bertz CT molecular complexity index is 335. The van der Waals surface area contributed by atoms with Crippen LogP contribution in [0, 0.1) is 0 Å². The van der Waals surface area contributed by atoms with Crippen molar-refractivity contribution in [3.05, 3.63) is 17.6 Å².